The summed E-state index contributed by atoms with van der Waals surface area (Å²) in [6.07, 6.45) is 3.29. The van der Waals surface area contributed by atoms with Crippen molar-refractivity contribution in [1.82, 2.24) is 10.2 Å². The summed E-state index contributed by atoms with van der Waals surface area (Å²) in [5.74, 6) is -2.09. The largest absolute Gasteiger partial charge is 0.478 e. The van der Waals surface area contributed by atoms with Crippen LogP contribution in [0.2, 0.25) is 0 Å². The topological polar surface area (TPSA) is 122 Å². The Morgan fingerprint density at radius 3 is 1.95 bits per heavy atom. The van der Waals surface area contributed by atoms with Crippen LogP contribution in [-0.2, 0) is 25.5 Å². The standard InChI is InChI=1S/C28H34N2O7/c1-18(30(5)27(35)37-28(2,3)4)24(31)29-23(26(34)36-6)17-21-11-9-19(10-12-21)7-8-20-13-15-22(16-14-20)25(32)33/h7-16,18,23H,17H2,1-6H3,(H,29,31)(H,32,33)/t18-,23?/m0/s1. The molecule has 37 heavy (non-hydrogen) atoms. The maximum atomic E-state index is 12.8. The fourth-order valence-electron chi connectivity index (χ4n) is 3.23. The third-order valence-electron chi connectivity index (χ3n) is 5.49. The summed E-state index contributed by atoms with van der Waals surface area (Å²) in [6, 6.07) is 12.1. The molecule has 9 heteroatoms. The van der Waals surface area contributed by atoms with Crippen LogP contribution in [0.1, 0.15) is 54.7 Å². The molecule has 0 bridgehead atoms. The van der Waals surface area contributed by atoms with E-state index in [4.69, 9.17) is 14.6 Å². The first-order valence-corrected chi connectivity index (χ1v) is 11.7. The molecule has 9 nitrogen and oxygen atoms in total. The van der Waals surface area contributed by atoms with Crippen LogP contribution in [0.25, 0.3) is 12.2 Å². The number of ether oxygens (including phenoxy) is 2. The number of esters is 1. The average Bonchev–Trinajstić information content (AvgIpc) is 2.85. The molecule has 0 saturated heterocycles. The molecule has 0 spiro atoms. The van der Waals surface area contributed by atoms with Crippen LogP contribution < -0.4 is 5.32 Å². The summed E-state index contributed by atoms with van der Waals surface area (Å²) in [5, 5.41) is 11.7. The fraction of sp³-hybridized carbons (Fsp3) is 0.357. The number of carboxylic acids is 1. The van der Waals surface area contributed by atoms with Gasteiger partial charge < -0.3 is 19.9 Å². The molecule has 2 aromatic carbocycles. The van der Waals surface area contributed by atoms with Crippen molar-refractivity contribution in [2.45, 2.75) is 51.8 Å². The number of nitrogens with zero attached hydrogens (tertiary/aromatic N) is 1. The minimum absolute atomic E-state index is 0.196. The molecule has 0 saturated carbocycles. The summed E-state index contributed by atoms with van der Waals surface area (Å²) < 4.78 is 10.2. The molecule has 1 unspecified atom stereocenters. The summed E-state index contributed by atoms with van der Waals surface area (Å²) in [5.41, 5.74) is 2.07. The zero-order chi connectivity index (χ0) is 27.8. The van der Waals surface area contributed by atoms with Crippen molar-refractivity contribution in [2.75, 3.05) is 14.2 Å². The molecular weight excluding hydrogens is 476 g/mol. The molecule has 0 aromatic heterocycles. The van der Waals surface area contributed by atoms with Gasteiger partial charge in [0.15, 0.2) is 0 Å². The number of benzene rings is 2. The zero-order valence-corrected chi connectivity index (χ0v) is 22.0. The van der Waals surface area contributed by atoms with Gasteiger partial charge in [-0.05, 0) is 56.5 Å². The second kappa shape index (κ2) is 12.7. The molecule has 0 heterocycles. The lowest BCUT2D eigenvalue weighted by molar-refractivity contribution is -0.145. The first-order valence-electron chi connectivity index (χ1n) is 11.7. The molecule has 2 atom stereocenters. The minimum atomic E-state index is -0.975. The van der Waals surface area contributed by atoms with Crippen LogP contribution in [0.5, 0.6) is 0 Å². The summed E-state index contributed by atoms with van der Waals surface area (Å²) in [7, 11) is 2.70. The monoisotopic (exact) mass is 510 g/mol. The number of carbonyl (C=O) groups excluding carboxylic acids is 3. The molecule has 2 N–H and O–H groups in total. The Balaban J connectivity index is 2.04. The van der Waals surface area contributed by atoms with E-state index in [0.29, 0.717) is 0 Å². The van der Waals surface area contributed by atoms with Gasteiger partial charge in [0.2, 0.25) is 5.91 Å². The maximum absolute atomic E-state index is 12.8. The predicted molar refractivity (Wildman–Crippen MR) is 140 cm³/mol. The van der Waals surface area contributed by atoms with Crippen LogP contribution in [0.3, 0.4) is 0 Å². The lowest BCUT2D eigenvalue weighted by Crippen LogP contribution is -2.52. The van der Waals surface area contributed by atoms with Gasteiger partial charge >= 0.3 is 18.0 Å². The summed E-state index contributed by atoms with van der Waals surface area (Å²) in [4.78, 5) is 49.6. The van der Waals surface area contributed by atoms with Gasteiger partial charge in [0.25, 0.3) is 0 Å². The number of carboxylic acid groups (broad SMARTS) is 1. The van der Waals surface area contributed by atoms with E-state index in [9.17, 15) is 19.2 Å². The average molecular weight is 511 g/mol. The van der Waals surface area contributed by atoms with Gasteiger partial charge in [-0.25, -0.2) is 14.4 Å². The molecule has 2 amide bonds. The normalized spacial score (nSPS) is 12.9. The van der Waals surface area contributed by atoms with E-state index in [2.05, 4.69) is 5.32 Å². The molecule has 0 aliphatic heterocycles. The van der Waals surface area contributed by atoms with E-state index < -0.39 is 41.6 Å². The number of amides is 2. The number of hydrogen-bond donors (Lipinski definition) is 2. The first kappa shape index (κ1) is 29.1. The second-order valence-electron chi connectivity index (χ2n) is 9.56. The van der Waals surface area contributed by atoms with Gasteiger partial charge in [0.05, 0.1) is 12.7 Å². The van der Waals surface area contributed by atoms with Gasteiger partial charge in [-0.2, -0.15) is 0 Å². The molecule has 2 aromatic rings. The van der Waals surface area contributed by atoms with E-state index in [1.165, 1.54) is 19.1 Å². The molecule has 0 aliphatic carbocycles. The highest BCUT2D eigenvalue weighted by molar-refractivity contribution is 5.89. The zero-order valence-electron chi connectivity index (χ0n) is 22.0. The number of likely N-dealkylation sites (N-methyl/N-ethyl adjacent to an activating group) is 1. The number of methoxy groups -OCH3 is 1. The summed E-state index contributed by atoms with van der Waals surface area (Å²) in [6.45, 7) is 6.74. The van der Waals surface area contributed by atoms with Crippen molar-refractivity contribution >= 4 is 36.1 Å². The highest BCUT2D eigenvalue weighted by atomic mass is 16.6. The van der Waals surface area contributed by atoms with Gasteiger partial charge in [0, 0.05) is 13.5 Å². The minimum Gasteiger partial charge on any atom is -0.478 e. The number of hydrogen-bond acceptors (Lipinski definition) is 6. The van der Waals surface area contributed by atoms with Crippen LogP contribution in [-0.4, -0.2) is 65.8 Å². The Morgan fingerprint density at radius 1 is 0.973 bits per heavy atom. The maximum Gasteiger partial charge on any atom is 0.410 e. The van der Waals surface area contributed by atoms with Crippen molar-refractivity contribution in [3.8, 4) is 0 Å². The van der Waals surface area contributed by atoms with Crippen LogP contribution in [0, 0.1) is 0 Å². The van der Waals surface area contributed by atoms with Crippen LogP contribution in [0.4, 0.5) is 4.79 Å². The lowest BCUT2D eigenvalue weighted by atomic mass is 10.0. The van der Waals surface area contributed by atoms with Crippen molar-refractivity contribution in [1.29, 1.82) is 0 Å². The van der Waals surface area contributed by atoms with Gasteiger partial charge in [-0.1, -0.05) is 48.6 Å². The van der Waals surface area contributed by atoms with Crippen molar-refractivity contribution in [2.24, 2.45) is 0 Å². The summed E-state index contributed by atoms with van der Waals surface area (Å²) >= 11 is 0. The number of rotatable bonds is 9. The third-order valence-corrected chi connectivity index (χ3v) is 5.49. The van der Waals surface area contributed by atoms with E-state index in [1.807, 2.05) is 36.4 Å². The number of aromatic carboxylic acids is 1. The van der Waals surface area contributed by atoms with E-state index >= 15 is 0 Å². The highest BCUT2D eigenvalue weighted by Gasteiger charge is 2.30. The molecule has 2 rings (SSSR count). The molecule has 0 fully saturated rings. The van der Waals surface area contributed by atoms with Crippen molar-refractivity contribution in [3.05, 3.63) is 70.8 Å². The third kappa shape index (κ3) is 9.10. The molecular formula is C28H34N2O7. The Hall–Kier alpha value is -4.14. The van der Waals surface area contributed by atoms with E-state index in [1.54, 1.807) is 52.0 Å². The van der Waals surface area contributed by atoms with Gasteiger partial charge in [-0.3, -0.25) is 9.69 Å². The Kier molecular flexibility index (Phi) is 9.99. The van der Waals surface area contributed by atoms with Crippen molar-refractivity contribution < 1.29 is 33.8 Å². The molecule has 198 valence electrons. The van der Waals surface area contributed by atoms with Crippen LogP contribution in [0.15, 0.2) is 48.5 Å². The quantitative estimate of drug-likeness (QED) is 0.386. The van der Waals surface area contributed by atoms with E-state index in [-0.39, 0.29) is 12.0 Å². The molecule has 0 aliphatic rings. The fourth-order valence-corrected chi connectivity index (χ4v) is 3.23. The second-order valence-corrected chi connectivity index (χ2v) is 9.56. The van der Waals surface area contributed by atoms with E-state index in [0.717, 1.165) is 16.7 Å². The Bertz CT molecular complexity index is 1130. The predicted octanol–water partition coefficient (Wildman–Crippen LogP) is 4.01. The molecule has 0 radical (unpaired) electrons. The first-order chi connectivity index (χ1) is 17.3. The highest BCUT2D eigenvalue weighted by Crippen LogP contribution is 2.14. The Morgan fingerprint density at radius 2 is 1.49 bits per heavy atom. The van der Waals surface area contributed by atoms with Gasteiger partial charge in [-0.15, -0.1) is 0 Å². The smallest absolute Gasteiger partial charge is 0.410 e. The number of nitrogens with one attached hydrogen (secondary N) is 1. The van der Waals surface area contributed by atoms with Crippen LogP contribution >= 0.6 is 0 Å². The number of carbonyl (C=O) groups is 4. The van der Waals surface area contributed by atoms with Crippen molar-refractivity contribution in [3.63, 3.8) is 0 Å². The SMILES string of the molecule is COC(=O)C(Cc1ccc(C=Cc2ccc(C(=O)O)cc2)cc1)NC(=O)[C@H](C)N(C)C(=O)OC(C)(C)C. The Labute approximate surface area is 217 Å². The lowest BCUT2D eigenvalue weighted by Gasteiger charge is -2.29. The van der Waals surface area contributed by atoms with Gasteiger partial charge in [0.1, 0.15) is 17.7 Å².